The topological polar surface area (TPSA) is 13.2 Å². The van der Waals surface area contributed by atoms with Crippen LogP contribution in [0.25, 0.3) is 26.8 Å². The van der Waals surface area contributed by atoms with Crippen LogP contribution in [0.4, 0.5) is 5.82 Å². The number of hydrogen-bond acceptors (Lipinski definition) is 0. The molecule has 0 aliphatic carbocycles. The predicted molar refractivity (Wildman–Crippen MR) is 67.9 cm³/mol. The summed E-state index contributed by atoms with van der Waals surface area (Å²) in [5, 5.41) is 2.43. The van der Waals surface area contributed by atoms with Crippen LogP contribution in [0, 0.1) is 6.57 Å². The Morgan fingerprint density at radius 2 is 1.88 bits per heavy atom. The quantitative estimate of drug-likeness (QED) is 0.410. The molecule has 17 heavy (non-hydrogen) atoms. The fourth-order valence-electron chi connectivity index (χ4n) is 2.47. The van der Waals surface area contributed by atoms with E-state index < -0.39 is 0 Å². The van der Waals surface area contributed by atoms with Gasteiger partial charge in [-0.2, -0.15) is 9.41 Å². The number of para-hydroxylation sites is 1. The van der Waals surface area contributed by atoms with Crippen LogP contribution >= 0.6 is 0 Å². The largest absolute Gasteiger partial charge is 0.421 e. The second kappa shape index (κ2) is 3.33. The summed E-state index contributed by atoms with van der Waals surface area (Å²) in [5.41, 5.74) is 2.28. The fraction of sp³-hybridized carbons (Fsp3) is 0.143. The number of hydrogen-bond donors (Lipinski definition) is 0. The van der Waals surface area contributed by atoms with Crippen LogP contribution < -0.4 is 4.57 Å². The summed E-state index contributed by atoms with van der Waals surface area (Å²) in [6.45, 7) is 7.16. The number of aryl methyl sites for hydroxylation is 2. The van der Waals surface area contributed by atoms with Gasteiger partial charge in [-0.25, -0.2) is 0 Å². The molecule has 0 amide bonds. The first-order valence-electron chi connectivity index (χ1n) is 5.47. The molecule has 0 aliphatic heterocycles. The summed E-state index contributed by atoms with van der Waals surface area (Å²) < 4.78 is 4.08. The van der Waals surface area contributed by atoms with Crippen molar-refractivity contribution in [2.24, 2.45) is 14.1 Å². The van der Waals surface area contributed by atoms with Gasteiger partial charge in [-0.15, -0.1) is 0 Å². The zero-order chi connectivity index (χ0) is 12.0. The van der Waals surface area contributed by atoms with Crippen LogP contribution in [-0.2, 0) is 14.1 Å². The lowest BCUT2D eigenvalue weighted by atomic mass is 10.2. The van der Waals surface area contributed by atoms with E-state index in [4.69, 9.17) is 6.57 Å². The van der Waals surface area contributed by atoms with Gasteiger partial charge in [0, 0.05) is 18.5 Å². The van der Waals surface area contributed by atoms with Gasteiger partial charge < -0.3 is 0 Å². The second-order valence-corrected chi connectivity index (χ2v) is 4.18. The van der Waals surface area contributed by atoms with Gasteiger partial charge in [0.2, 0.25) is 0 Å². The van der Waals surface area contributed by atoms with Gasteiger partial charge in [0.05, 0.1) is 10.9 Å². The van der Waals surface area contributed by atoms with Gasteiger partial charge in [0.1, 0.15) is 13.6 Å². The van der Waals surface area contributed by atoms with Gasteiger partial charge >= 0.3 is 5.82 Å². The third kappa shape index (κ3) is 1.18. The van der Waals surface area contributed by atoms with Crippen LogP contribution in [0.5, 0.6) is 0 Å². The fourth-order valence-corrected chi connectivity index (χ4v) is 2.47. The highest BCUT2D eigenvalue weighted by Gasteiger charge is 2.18. The average Bonchev–Trinajstić information content (AvgIpc) is 2.65. The molecule has 0 atom stereocenters. The molecule has 0 unspecified atom stereocenters. The van der Waals surface area contributed by atoms with E-state index in [-0.39, 0.29) is 0 Å². The normalized spacial score (nSPS) is 10.9. The van der Waals surface area contributed by atoms with E-state index in [1.807, 2.05) is 42.9 Å². The average molecular weight is 222 g/mol. The van der Waals surface area contributed by atoms with Crippen molar-refractivity contribution in [3.05, 3.63) is 47.8 Å². The highest BCUT2D eigenvalue weighted by Crippen LogP contribution is 2.26. The molecule has 0 spiro atoms. The van der Waals surface area contributed by atoms with Crippen LogP contribution in [0.1, 0.15) is 0 Å². The first-order chi connectivity index (χ1) is 8.24. The molecule has 0 saturated carbocycles. The molecular weight excluding hydrogens is 210 g/mol. The summed E-state index contributed by atoms with van der Waals surface area (Å²) >= 11 is 0. The number of fused-ring (bicyclic) bond motifs is 3. The summed E-state index contributed by atoms with van der Waals surface area (Å²) in [6.07, 6.45) is 0. The van der Waals surface area contributed by atoms with Crippen LogP contribution in [0.15, 0.2) is 36.4 Å². The van der Waals surface area contributed by atoms with Gasteiger partial charge in [0.15, 0.2) is 0 Å². The molecule has 0 radical (unpaired) electrons. The van der Waals surface area contributed by atoms with Gasteiger partial charge in [-0.05, 0) is 12.1 Å². The maximum atomic E-state index is 7.16. The van der Waals surface area contributed by atoms with Crippen molar-refractivity contribution in [1.29, 1.82) is 0 Å². The number of aromatic nitrogens is 2. The van der Waals surface area contributed by atoms with E-state index in [1.165, 1.54) is 16.3 Å². The van der Waals surface area contributed by atoms with Crippen molar-refractivity contribution >= 4 is 27.8 Å². The lowest BCUT2D eigenvalue weighted by Crippen LogP contribution is -2.30. The molecule has 0 bridgehead atoms. The summed E-state index contributed by atoms with van der Waals surface area (Å²) in [7, 11) is 3.98. The summed E-state index contributed by atoms with van der Waals surface area (Å²) in [4.78, 5) is 3.53. The Hall–Kier alpha value is -2.34. The lowest BCUT2D eigenvalue weighted by molar-refractivity contribution is -0.631. The van der Waals surface area contributed by atoms with E-state index in [0.29, 0.717) is 5.82 Å². The number of benzene rings is 1. The van der Waals surface area contributed by atoms with E-state index in [9.17, 15) is 0 Å². The van der Waals surface area contributed by atoms with Gasteiger partial charge in [-0.3, -0.25) is 4.57 Å². The van der Waals surface area contributed by atoms with Crippen LogP contribution in [0.2, 0.25) is 0 Å². The van der Waals surface area contributed by atoms with E-state index >= 15 is 0 Å². The van der Waals surface area contributed by atoms with Gasteiger partial charge in [-0.1, -0.05) is 18.2 Å². The Labute approximate surface area is 99.3 Å². The zero-order valence-electron chi connectivity index (χ0n) is 9.81. The zero-order valence-corrected chi connectivity index (χ0v) is 9.81. The molecule has 0 fully saturated rings. The monoisotopic (exact) mass is 222 g/mol. The van der Waals surface area contributed by atoms with E-state index in [1.54, 1.807) is 0 Å². The summed E-state index contributed by atoms with van der Waals surface area (Å²) in [5.74, 6) is 0.656. The number of nitrogens with zero attached hydrogens (tertiary/aromatic N) is 3. The Kier molecular flexibility index (Phi) is 1.93. The van der Waals surface area contributed by atoms with Crippen molar-refractivity contribution in [1.82, 2.24) is 4.57 Å². The molecule has 3 nitrogen and oxygen atoms in total. The first kappa shape index (κ1) is 9.86. The standard InChI is InChI=1S/C14H12N3/c1-15-13-9-8-11-10-6-4-5-7-12(10)16(2)14(11)17(13)3/h4-9H,2-3H3/q+1. The smallest absolute Gasteiger partial charge is 0.292 e. The van der Waals surface area contributed by atoms with Gasteiger partial charge in [0.25, 0.3) is 5.65 Å². The first-order valence-corrected chi connectivity index (χ1v) is 5.47. The highest BCUT2D eigenvalue weighted by molar-refractivity contribution is 6.05. The third-order valence-corrected chi connectivity index (χ3v) is 3.29. The second-order valence-electron chi connectivity index (χ2n) is 4.18. The van der Waals surface area contributed by atoms with Crippen molar-refractivity contribution in [2.45, 2.75) is 0 Å². The molecule has 2 aromatic heterocycles. The molecule has 3 aromatic rings. The van der Waals surface area contributed by atoms with Crippen molar-refractivity contribution in [3.8, 4) is 0 Å². The summed E-state index contributed by atoms with van der Waals surface area (Å²) in [6, 6.07) is 12.2. The van der Waals surface area contributed by atoms with E-state index in [0.717, 1.165) is 5.65 Å². The van der Waals surface area contributed by atoms with Crippen molar-refractivity contribution in [3.63, 3.8) is 0 Å². The Bertz CT molecular complexity index is 775. The molecule has 0 saturated heterocycles. The van der Waals surface area contributed by atoms with Crippen molar-refractivity contribution < 1.29 is 4.57 Å². The SMILES string of the molecule is [C-]#[N+]c1ccc2c3ccccc3n(C)c2[n+]1C. The Balaban J connectivity index is 2.63. The minimum absolute atomic E-state index is 0.656. The number of pyridine rings is 1. The van der Waals surface area contributed by atoms with Crippen molar-refractivity contribution in [2.75, 3.05) is 0 Å². The maximum absolute atomic E-state index is 7.16. The molecule has 82 valence electrons. The highest BCUT2D eigenvalue weighted by atomic mass is 15.1. The molecule has 3 heteroatoms. The number of rotatable bonds is 0. The molecular formula is C14H12N3+. The molecule has 0 N–H and O–H groups in total. The molecule has 1 aromatic carbocycles. The predicted octanol–water partition coefficient (Wildman–Crippen LogP) is 2.71. The van der Waals surface area contributed by atoms with Crippen LogP contribution in [0.3, 0.4) is 0 Å². The molecule has 0 aliphatic rings. The Morgan fingerprint density at radius 3 is 2.65 bits per heavy atom. The van der Waals surface area contributed by atoms with E-state index in [2.05, 4.69) is 21.5 Å². The molecule has 3 rings (SSSR count). The van der Waals surface area contributed by atoms with Crippen LogP contribution in [-0.4, -0.2) is 4.57 Å². The Morgan fingerprint density at radius 1 is 1.12 bits per heavy atom. The minimum Gasteiger partial charge on any atom is -0.292 e. The molecule has 2 heterocycles. The minimum atomic E-state index is 0.656. The lowest BCUT2D eigenvalue weighted by Gasteiger charge is -1.97. The maximum Gasteiger partial charge on any atom is 0.421 e. The third-order valence-electron chi connectivity index (χ3n) is 3.29.